The van der Waals surface area contributed by atoms with Crippen molar-refractivity contribution in [3.8, 4) is 11.5 Å². The zero-order chi connectivity index (χ0) is 10.5. The molecule has 3 rings (SSSR count). The molecule has 2 aliphatic rings. The van der Waals surface area contributed by atoms with Gasteiger partial charge in [-0.05, 0) is 31.4 Å². The van der Waals surface area contributed by atoms with Crippen molar-refractivity contribution in [3.63, 3.8) is 0 Å². The van der Waals surface area contributed by atoms with Crippen LogP contribution in [0.5, 0.6) is 11.5 Å². The van der Waals surface area contributed by atoms with Gasteiger partial charge < -0.3 is 15.2 Å². The number of hydrogen-bond acceptors (Lipinski definition) is 3. The highest BCUT2D eigenvalue weighted by Gasteiger charge is 2.39. The zero-order valence-corrected chi connectivity index (χ0v) is 9.84. The third kappa shape index (κ3) is 1.35. The average Bonchev–Trinajstić information content (AvgIpc) is 2.60. The van der Waals surface area contributed by atoms with Gasteiger partial charge in [-0.15, -0.1) is 0 Å². The maximum Gasteiger partial charge on any atom is 0.231 e. The molecule has 15 heavy (non-hydrogen) atoms. The minimum Gasteiger partial charge on any atom is -0.454 e. The van der Waals surface area contributed by atoms with Gasteiger partial charge in [0.15, 0.2) is 11.5 Å². The molecule has 1 saturated carbocycles. The van der Waals surface area contributed by atoms with Crippen LogP contribution in [0, 0.1) is 0 Å². The molecule has 1 fully saturated rings. The van der Waals surface area contributed by atoms with E-state index in [1.165, 1.54) is 6.42 Å². The predicted molar refractivity (Wildman–Crippen MR) is 60.0 cm³/mol. The Kier molecular flexibility index (Phi) is 1.97. The normalized spacial score (nSPS) is 21.2. The first-order valence-corrected chi connectivity index (χ1v) is 5.87. The van der Waals surface area contributed by atoms with Crippen LogP contribution in [0.25, 0.3) is 0 Å². The van der Waals surface area contributed by atoms with Gasteiger partial charge in [-0.1, -0.05) is 15.9 Å². The lowest BCUT2D eigenvalue weighted by molar-refractivity contribution is 0.168. The van der Waals surface area contributed by atoms with Crippen molar-refractivity contribution in [1.82, 2.24) is 0 Å². The van der Waals surface area contributed by atoms with E-state index in [0.29, 0.717) is 6.79 Å². The number of halogens is 1. The van der Waals surface area contributed by atoms with Gasteiger partial charge in [-0.3, -0.25) is 0 Å². The third-order valence-electron chi connectivity index (χ3n) is 3.22. The first-order chi connectivity index (χ1) is 7.19. The van der Waals surface area contributed by atoms with Crippen molar-refractivity contribution in [2.45, 2.75) is 24.8 Å². The van der Waals surface area contributed by atoms with Gasteiger partial charge in [0.2, 0.25) is 6.79 Å². The molecule has 0 unspecified atom stereocenters. The average molecular weight is 270 g/mol. The van der Waals surface area contributed by atoms with Crippen molar-refractivity contribution in [2.24, 2.45) is 5.73 Å². The second kappa shape index (κ2) is 3.12. The second-order valence-corrected chi connectivity index (χ2v) is 5.11. The van der Waals surface area contributed by atoms with Crippen LogP contribution in [-0.4, -0.2) is 6.79 Å². The van der Waals surface area contributed by atoms with E-state index < -0.39 is 0 Å². The van der Waals surface area contributed by atoms with Crippen LogP contribution < -0.4 is 15.2 Å². The van der Waals surface area contributed by atoms with Crippen LogP contribution in [0.2, 0.25) is 0 Å². The van der Waals surface area contributed by atoms with Gasteiger partial charge in [0, 0.05) is 15.6 Å². The summed E-state index contributed by atoms with van der Waals surface area (Å²) in [5, 5.41) is 0. The molecule has 0 amide bonds. The van der Waals surface area contributed by atoms with Crippen molar-refractivity contribution in [3.05, 3.63) is 22.2 Å². The Balaban J connectivity index is 2.14. The van der Waals surface area contributed by atoms with Crippen LogP contribution >= 0.6 is 15.9 Å². The van der Waals surface area contributed by atoms with Crippen LogP contribution in [0.15, 0.2) is 16.6 Å². The highest BCUT2D eigenvalue weighted by atomic mass is 79.9. The Morgan fingerprint density at radius 1 is 1.27 bits per heavy atom. The van der Waals surface area contributed by atoms with Crippen LogP contribution in [0.4, 0.5) is 0 Å². The molecule has 0 saturated heterocycles. The molecule has 0 aromatic heterocycles. The van der Waals surface area contributed by atoms with E-state index in [9.17, 15) is 0 Å². The second-order valence-electron chi connectivity index (χ2n) is 4.20. The fourth-order valence-electron chi connectivity index (χ4n) is 2.17. The van der Waals surface area contributed by atoms with E-state index in [-0.39, 0.29) is 5.54 Å². The Labute approximate surface area is 96.7 Å². The van der Waals surface area contributed by atoms with Gasteiger partial charge in [-0.25, -0.2) is 0 Å². The molecule has 1 aliphatic carbocycles. The fourth-order valence-corrected chi connectivity index (χ4v) is 2.61. The lowest BCUT2D eigenvalue weighted by Gasteiger charge is -2.39. The molecule has 1 aromatic carbocycles. The van der Waals surface area contributed by atoms with E-state index in [4.69, 9.17) is 15.2 Å². The molecular weight excluding hydrogens is 258 g/mol. The van der Waals surface area contributed by atoms with Gasteiger partial charge in [0.25, 0.3) is 0 Å². The maximum atomic E-state index is 6.31. The Bertz CT molecular complexity index is 415. The van der Waals surface area contributed by atoms with Crippen molar-refractivity contribution in [2.75, 3.05) is 6.79 Å². The van der Waals surface area contributed by atoms with E-state index in [0.717, 1.165) is 34.4 Å². The number of ether oxygens (including phenoxy) is 2. The Morgan fingerprint density at radius 2 is 2.07 bits per heavy atom. The van der Waals surface area contributed by atoms with E-state index in [1.807, 2.05) is 12.1 Å². The van der Waals surface area contributed by atoms with Crippen molar-refractivity contribution >= 4 is 15.9 Å². The molecular formula is C11H12BrNO2. The summed E-state index contributed by atoms with van der Waals surface area (Å²) in [4.78, 5) is 0. The Hall–Kier alpha value is -0.740. The molecule has 0 bridgehead atoms. The summed E-state index contributed by atoms with van der Waals surface area (Å²) in [6, 6.07) is 3.97. The number of hydrogen-bond donors (Lipinski definition) is 1. The van der Waals surface area contributed by atoms with E-state index in [1.54, 1.807) is 0 Å². The number of fused-ring (bicyclic) bond motifs is 1. The van der Waals surface area contributed by atoms with Gasteiger partial charge in [0.1, 0.15) is 0 Å². The SMILES string of the molecule is NC1(c2cc(Br)cc3c2OCO3)CCC1. The van der Waals surface area contributed by atoms with Crippen molar-refractivity contribution < 1.29 is 9.47 Å². The largest absolute Gasteiger partial charge is 0.454 e. The van der Waals surface area contributed by atoms with Gasteiger partial charge >= 0.3 is 0 Å². The fraction of sp³-hybridized carbons (Fsp3) is 0.455. The molecule has 1 aliphatic heterocycles. The summed E-state index contributed by atoms with van der Waals surface area (Å²) < 4.78 is 11.9. The minimum absolute atomic E-state index is 0.207. The monoisotopic (exact) mass is 269 g/mol. The third-order valence-corrected chi connectivity index (χ3v) is 3.68. The molecule has 3 nitrogen and oxygen atoms in total. The molecule has 4 heteroatoms. The molecule has 0 radical (unpaired) electrons. The van der Waals surface area contributed by atoms with Gasteiger partial charge in [0.05, 0.1) is 0 Å². The highest BCUT2D eigenvalue weighted by Crippen LogP contribution is 2.48. The molecule has 2 N–H and O–H groups in total. The first kappa shape index (κ1) is 9.48. The summed E-state index contributed by atoms with van der Waals surface area (Å²) >= 11 is 3.47. The zero-order valence-electron chi connectivity index (χ0n) is 8.25. The maximum absolute atomic E-state index is 6.31. The smallest absolute Gasteiger partial charge is 0.231 e. The number of benzene rings is 1. The molecule has 0 spiro atoms. The molecule has 1 aromatic rings. The number of nitrogens with two attached hydrogens (primary N) is 1. The van der Waals surface area contributed by atoms with E-state index >= 15 is 0 Å². The highest BCUT2D eigenvalue weighted by molar-refractivity contribution is 9.10. The number of rotatable bonds is 1. The minimum atomic E-state index is -0.207. The lowest BCUT2D eigenvalue weighted by atomic mass is 9.72. The van der Waals surface area contributed by atoms with Crippen LogP contribution in [-0.2, 0) is 5.54 Å². The van der Waals surface area contributed by atoms with Crippen molar-refractivity contribution in [1.29, 1.82) is 0 Å². The summed E-state index contributed by atoms with van der Waals surface area (Å²) in [6.07, 6.45) is 3.25. The summed E-state index contributed by atoms with van der Waals surface area (Å²) in [7, 11) is 0. The lowest BCUT2D eigenvalue weighted by Crippen LogP contribution is -2.43. The molecule has 0 atom stereocenters. The quantitative estimate of drug-likeness (QED) is 0.852. The van der Waals surface area contributed by atoms with E-state index in [2.05, 4.69) is 15.9 Å². The summed E-state index contributed by atoms with van der Waals surface area (Å²) in [5.41, 5.74) is 7.18. The first-order valence-electron chi connectivity index (χ1n) is 5.08. The predicted octanol–water partition coefficient (Wildman–Crippen LogP) is 2.52. The topological polar surface area (TPSA) is 44.5 Å². The summed E-state index contributed by atoms with van der Waals surface area (Å²) in [6.45, 7) is 0.300. The Morgan fingerprint density at radius 3 is 2.73 bits per heavy atom. The van der Waals surface area contributed by atoms with Crippen LogP contribution in [0.1, 0.15) is 24.8 Å². The van der Waals surface area contributed by atoms with Crippen LogP contribution in [0.3, 0.4) is 0 Å². The standard InChI is InChI=1S/C11H12BrNO2/c12-7-4-8(11(13)2-1-3-11)10-9(5-7)14-6-15-10/h4-5H,1-3,6,13H2. The molecule has 1 heterocycles. The summed E-state index contributed by atoms with van der Waals surface area (Å²) in [5.74, 6) is 1.64. The molecule has 80 valence electrons. The van der Waals surface area contributed by atoms with Gasteiger partial charge in [-0.2, -0.15) is 0 Å².